The Hall–Kier alpha value is -2.90. The highest BCUT2D eigenvalue weighted by Crippen LogP contribution is 2.07. The smallest absolute Gasteiger partial charge is 0.410 e. The minimum Gasteiger partial charge on any atom is -0.480 e. The average Bonchev–Trinajstić information content (AvgIpc) is 2.74. The second-order valence-electron chi connectivity index (χ2n) is 6.65. The fraction of sp³-hybridized carbons (Fsp3) is 0.364. The lowest BCUT2D eigenvalue weighted by Gasteiger charge is -2.24. The van der Waals surface area contributed by atoms with Crippen LogP contribution in [0.25, 0.3) is 0 Å². The molecular formula is C22H27NO6. The minimum absolute atomic E-state index is 0.0710. The van der Waals surface area contributed by atoms with Gasteiger partial charge in [0, 0.05) is 7.05 Å². The Bertz CT molecular complexity index is 752. The first-order chi connectivity index (χ1) is 14.0. The average molecular weight is 401 g/mol. The Morgan fingerprint density at radius 3 is 2.03 bits per heavy atom. The lowest BCUT2D eigenvalue weighted by Crippen LogP contribution is -2.46. The van der Waals surface area contributed by atoms with E-state index in [1.165, 1.54) is 7.05 Å². The molecule has 7 heteroatoms. The number of aliphatic carboxylic acids is 1. The summed E-state index contributed by atoms with van der Waals surface area (Å²) in [6.07, 6.45) is -0.946. The van der Waals surface area contributed by atoms with Gasteiger partial charge in [-0.15, -0.1) is 0 Å². The van der Waals surface area contributed by atoms with Crippen LogP contribution in [0, 0.1) is 0 Å². The predicted octanol–water partition coefficient (Wildman–Crippen LogP) is 3.33. The second kappa shape index (κ2) is 11.8. The van der Waals surface area contributed by atoms with Crippen molar-refractivity contribution in [3.05, 3.63) is 71.8 Å². The van der Waals surface area contributed by atoms with Crippen molar-refractivity contribution >= 4 is 12.1 Å². The summed E-state index contributed by atoms with van der Waals surface area (Å²) in [4.78, 5) is 24.8. The van der Waals surface area contributed by atoms with Crippen molar-refractivity contribution in [2.45, 2.75) is 32.3 Å². The number of carboxylic acid groups (broad SMARTS) is 1. The third kappa shape index (κ3) is 7.93. The van der Waals surface area contributed by atoms with Crippen LogP contribution in [0.2, 0.25) is 0 Å². The molecule has 2 rings (SSSR count). The first-order valence-electron chi connectivity index (χ1n) is 9.37. The Morgan fingerprint density at radius 2 is 1.48 bits per heavy atom. The molecule has 0 aliphatic heterocycles. The van der Waals surface area contributed by atoms with Gasteiger partial charge >= 0.3 is 12.1 Å². The van der Waals surface area contributed by atoms with Crippen molar-refractivity contribution in [2.75, 3.05) is 20.3 Å². The van der Waals surface area contributed by atoms with E-state index in [9.17, 15) is 14.7 Å². The minimum atomic E-state index is -1.16. The van der Waals surface area contributed by atoms with Gasteiger partial charge in [0.05, 0.1) is 25.9 Å². The number of likely N-dealkylation sites (N-methyl/N-ethyl adjacent to an activating group) is 1. The summed E-state index contributed by atoms with van der Waals surface area (Å²) < 4.78 is 16.4. The number of rotatable bonds is 11. The van der Waals surface area contributed by atoms with Crippen LogP contribution in [-0.2, 0) is 32.2 Å². The number of nitrogens with zero attached hydrogens (tertiary/aromatic N) is 1. The summed E-state index contributed by atoms with van der Waals surface area (Å²) in [5, 5.41) is 9.43. The summed E-state index contributed by atoms with van der Waals surface area (Å²) >= 11 is 0. The fourth-order valence-corrected chi connectivity index (χ4v) is 2.50. The molecule has 2 aromatic rings. The number of hydrogen-bond acceptors (Lipinski definition) is 5. The van der Waals surface area contributed by atoms with Crippen LogP contribution in [-0.4, -0.2) is 54.5 Å². The van der Waals surface area contributed by atoms with Crippen molar-refractivity contribution in [1.82, 2.24) is 4.90 Å². The van der Waals surface area contributed by atoms with Gasteiger partial charge in [-0.05, 0) is 18.1 Å². The first-order valence-corrected chi connectivity index (χ1v) is 9.37. The molecule has 0 aliphatic rings. The van der Waals surface area contributed by atoms with Crippen LogP contribution in [0.4, 0.5) is 4.79 Å². The molecule has 0 bridgehead atoms. The molecule has 2 aromatic carbocycles. The number of amides is 1. The van der Waals surface area contributed by atoms with Crippen LogP contribution >= 0.6 is 0 Å². The maximum atomic E-state index is 12.2. The maximum Gasteiger partial charge on any atom is 0.410 e. The van der Waals surface area contributed by atoms with E-state index in [0.29, 0.717) is 6.61 Å². The quantitative estimate of drug-likeness (QED) is 0.622. The topological polar surface area (TPSA) is 85.3 Å². The Kier molecular flexibility index (Phi) is 9.14. The molecular weight excluding hydrogens is 374 g/mol. The van der Waals surface area contributed by atoms with Gasteiger partial charge in [0.1, 0.15) is 6.61 Å². The largest absolute Gasteiger partial charge is 0.480 e. The Morgan fingerprint density at radius 1 is 0.931 bits per heavy atom. The number of carbonyl (C=O) groups is 2. The van der Waals surface area contributed by atoms with Crippen LogP contribution < -0.4 is 0 Å². The second-order valence-corrected chi connectivity index (χ2v) is 6.65. The van der Waals surface area contributed by atoms with E-state index in [-0.39, 0.29) is 25.9 Å². The molecule has 0 fully saturated rings. The molecule has 0 radical (unpaired) electrons. The van der Waals surface area contributed by atoms with Crippen molar-refractivity contribution in [1.29, 1.82) is 0 Å². The lowest BCUT2D eigenvalue weighted by molar-refractivity contribution is -0.145. The SMILES string of the molecule is C[C@H](COC[C@@H](C(=O)O)N(C)C(=O)OCc1ccccc1)OCc1ccccc1. The highest BCUT2D eigenvalue weighted by molar-refractivity contribution is 5.80. The van der Waals surface area contributed by atoms with Gasteiger partial charge in [0.2, 0.25) is 0 Å². The highest BCUT2D eigenvalue weighted by Gasteiger charge is 2.28. The van der Waals surface area contributed by atoms with E-state index in [1.54, 1.807) is 0 Å². The van der Waals surface area contributed by atoms with E-state index in [2.05, 4.69) is 0 Å². The number of benzene rings is 2. The van der Waals surface area contributed by atoms with E-state index >= 15 is 0 Å². The van der Waals surface area contributed by atoms with E-state index in [0.717, 1.165) is 16.0 Å². The molecule has 1 N–H and O–H groups in total. The zero-order valence-corrected chi connectivity index (χ0v) is 16.7. The normalized spacial score (nSPS) is 12.8. The predicted molar refractivity (Wildman–Crippen MR) is 107 cm³/mol. The Labute approximate surface area is 170 Å². The zero-order valence-electron chi connectivity index (χ0n) is 16.7. The summed E-state index contributed by atoms with van der Waals surface area (Å²) in [6.45, 7) is 2.41. The third-order valence-corrected chi connectivity index (χ3v) is 4.25. The summed E-state index contributed by atoms with van der Waals surface area (Å²) in [5.74, 6) is -1.16. The van der Waals surface area contributed by atoms with Gasteiger partial charge in [-0.2, -0.15) is 0 Å². The van der Waals surface area contributed by atoms with Crippen LogP contribution in [0.5, 0.6) is 0 Å². The van der Waals surface area contributed by atoms with Gasteiger partial charge in [0.25, 0.3) is 0 Å². The molecule has 156 valence electrons. The van der Waals surface area contributed by atoms with Crippen molar-refractivity contribution < 1.29 is 28.9 Å². The number of carbonyl (C=O) groups excluding carboxylic acids is 1. The molecule has 0 unspecified atom stereocenters. The molecule has 0 heterocycles. The number of hydrogen-bond donors (Lipinski definition) is 1. The number of carboxylic acids is 1. The summed E-state index contributed by atoms with van der Waals surface area (Å²) in [5.41, 5.74) is 1.87. The van der Waals surface area contributed by atoms with E-state index < -0.39 is 18.1 Å². The molecule has 2 atom stereocenters. The van der Waals surface area contributed by atoms with Gasteiger partial charge in [-0.3, -0.25) is 4.90 Å². The molecule has 0 spiro atoms. The zero-order chi connectivity index (χ0) is 21.1. The van der Waals surface area contributed by atoms with Gasteiger partial charge < -0.3 is 19.3 Å². The fourth-order valence-electron chi connectivity index (χ4n) is 2.50. The molecule has 0 saturated carbocycles. The van der Waals surface area contributed by atoms with Crippen LogP contribution in [0.1, 0.15) is 18.1 Å². The van der Waals surface area contributed by atoms with Gasteiger partial charge in [0.15, 0.2) is 6.04 Å². The molecule has 29 heavy (non-hydrogen) atoms. The molecule has 0 saturated heterocycles. The first kappa shape index (κ1) is 22.4. The van der Waals surface area contributed by atoms with Crippen molar-refractivity contribution in [3.8, 4) is 0 Å². The summed E-state index contributed by atoms with van der Waals surface area (Å²) in [6, 6.07) is 17.7. The molecule has 7 nitrogen and oxygen atoms in total. The molecule has 1 amide bonds. The van der Waals surface area contributed by atoms with Crippen molar-refractivity contribution in [2.24, 2.45) is 0 Å². The highest BCUT2D eigenvalue weighted by atomic mass is 16.6. The van der Waals surface area contributed by atoms with Crippen LogP contribution in [0.15, 0.2) is 60.7 Å². The van der Waals surface area contributed by atoms with E-state index in [4.69, 9.17) is 14.2 Å². The lowest BCUT2D eigenvalue weighted by atomic mass is 10.2. The number of ether oxygens (including phenoxy) is 3. The molecule has 0 aromatic heterocycles. The third-order valence-electron chi connectivity index (χ3n) is 4.25. The van der Waals surface area contributed by atoms with Crippen molar-refractivity contribution in [3.63, 3.8) is 0 Å². The maximum absolute atomic E-state index is 12.2. The standard InChI is InChI=1S/C22H27NO6/c1-17(28-14-18-9-5-3-6-10-18)13-27-16-20(21(24)25)23(2)22(26)29-15-19-11-7-4-8-12-19/h3-12,17,20H,13-16H2,1-2H3,(H,24,25)/t17-,20+/m1/s1. The monoisotopic (exact) mass is 401 g/mol. The Balaban J connectivity index is 1.74. The summed E-state index contributed by atoms with van der Waals surface area (Å²) in [7, 11) is 1.38. The van der Waals surface area contributed by atoms with Gasteiger partial charge in [-0.1, -0.05) is 60.7 Å². The van der Waals surface area contributed by atoms with E-state index in [1.807, 2.05) is 67.6 Å². The van der Waals surface area contributed by atoms with Gasteiger partial charge in [-0.25, -0.2) is 9.59 Å². The van der Waals surface area contributed by atoms with Crippen LogP contribution in [0.3, 0.4) is 0 Å². The molecule has 0 aliphatic carbocycles.